The zero-order chi connectivity index (χ0) is 22.7. The summed E-state index contributed by atoms with van der Waals surface area (Å²) in [5.74, 6) is 2.14. The summed E-state index contributed by atoms with van der Waals surface area (Å²) in [6.07, 6.45) is 5.50. The summed E-state index contributed by atoms with van der Waals surface area (Å²) in [6.45, 7) is 3.12. The van der Waals surface area contributed by atoms with Crippen LogP contribution in [0.1, 0.15) is 18.4 Å². The maximum atomic E-state index is 4.62. The number of rotatable bonds is 6. The van der Waals surface area contributed by atoms with Crippen LogP contribution >= 0.6 is 0 Å². The number of nitrogens with one attached hydrogen (secondary N) is 3. The molecule has 0 spiro atoms. The molecule has 0 unspecified atom stereocenters. The predicted molar refractivity (Wildman–Crippen MR) is 135 cm³/mol. The molecule has 1 saturated heterocycles. The van der Waals surface area contributed by atoms with E-state index in [1.807, 2.05) is 24.3 Å². The molecular weight excluding hydrogens is 424 g/mol. The summed E-state index contributed by atoms with van der Waals surface area (Å²) in [7, 11) is 0. The predicted octanol–water partition coefficient (Wildman–Crippen LogP) is 4.72. The molecule has 3 aromatic heterocycles. The van der Waals surface area contributed by atoms with Gasteiger partial charge in [0.05, 0.1) is 0 Å². The topological polar surface area (TPSA) is 94.7 Å². The van der Waals surface area contributed by atoms with Crippen LogP contribution in [0.25, 0.3) is 21.9 Å². The van der Waals surface area contributed by atoms with Crippen molar-refractivity contribution in [1.82, 2.24) is 29.8 Å². The van der Waals surface area contributed by atoms with Crippen LogP contribution < -0.4 is 10.6 Å². The van der Waals surface area contributed by atoms with E-state index in [1.54, 1.807) is 12.5 Å². The Balaban J connectivity index is 1.15. The number of H-pyrrole nitrogens is 1. The third-order valence-corrected chi connectivity index (χ3v) is 6.38. The number of fused-ring (bicyclic) bond motifs is 2. The molecule has 6 rings (SSSR count). The summed E-state index contributed by atoms with van der Waals surface area (Å²) >= 11 is 0. The summed E-state index contributed by atoms with van der Waals surface area (Å²) in [5.41, 5.74) is 2.79. The molecule has 8 heteroatoms. The zero-order valence-electron chi connectivity index (χ0n) is 18.8. The Bertz CT molecular complexity index is 1400. The molecule has 2 aromatic carbocycles. The van der Waals surface area contributed by atoms with Crippen molar-refractivity contribution in [2.45, 2.75) is 25.4 Å². The first-order chi connectivity index (χ1) is 16.8. The number of anilines is 3. The first-order valence-electron chi connectivity index (χ1n) is 11.7. The quantitative estimate of drug-likeness (QED) is 0.344. The number of pyridine rings is 1. The highest BCUT2D eigenvalue weighted by Crippen LogP contribution is 2.26. The molecule has 34 heavy (non-hydrogen) atoms. The maximum Gasteiger partial charge on any atom is 0.208 e. The molecule has 0 aliphatic carbocycles. The fraction of sp³-hybridized carbons (Fsp3) is 0.231. The third-order valence-electron chi connectivity index (χ3n) is 6.38. The Morgan fingerprint density at radius 2 is 1.71 bits per heavy atom. The van der Waals surface area contributed by atoms with Crippen molar-refractivity contribution in [3.63, 3.8) is 0 Å². The first kappa shape index (κ1) is 20.6. The van der Waals surface area contributed by atoms with Gasteiger partial charge in [0.2, 0.25) is 5.95 Å². The van der Waals surface area contributed by atoms with Crippen molar-refractivity contribution < 1.29 is 0 Å². The molecule has 0 radical (unpaired) electrons. The van der Waals surface area contributed by atoms with Crippen molar-refractivity contribution >= 4 is 39.5 Å². The zero-order valence-corrected chi connectivity index (χ0v) is 18.8. The van der Waals surface area contributed by atoms with E-state index < -0.39 is 0 Å². The number of piperidine rings is 1. The minimum atomic E-state index is 0.365. The minimum Gasteiger partial charge on any atom is -0.365 e. The van der Waals surface area contributed by atoms with Gasteiger partial charge in [0, 0.05) is 37.3 Å². The van der Waals surface area contributed by atoms with Gasteiger partial charge in [-0.25, -0.2) is 15.0 Å². The lowest BCUT2D eigenvalue weighted by molar-refractivity contribution is 0.211. The first-order valence-corrected chi connectivity index (χ1v) is 11.7. The van der Waals surface area contributed by atoms with Crippen LogP contribution in [-0.4, -0.2) is 49.0 Å². The number of aromatic amines is 1. The van der Waals surface area contributed by atoms with Gasteiger partial charge in [-0.2, -0.15) is 4.98 Å². The molecule has 5 aromatic rings. The van der Waals surface area contributed by atoms with Gasteiger partial charge in [0.15, 0.2) is 11.5 Å². The Kier molecular flexibility index (Phi) is 5.48. The highest BCUT2D eigenvalue weighted by Gasteiger charge is 2.21. The molecule has 0 atom stereocenters. The summed E-state index contributed by atoms with van der Waals surface area (Å²) < 4.78 is 0. The van der Waals surface area contributed by atoms with Gasteiger partial charge in [-0.3, -0.25) is 4.90 Å². The van der Waals surface area contributed by atoms with E-state index in [2.05, 4.69) is 76.9 Å². The minimum absolute atomic E-state index is 0.365. The van der Waals surface area contributed by atoms with E-state index in [9.17, 15) is 0 Å². The van der Waals surface area contributed by atoms with Crippen molar-refractivity contribution in [2.24, 2.45) is 0 Å². The van der Waals surface area contributed by atoms with Crippen LogP contribution in [-0.2, 0) is 6.54 Å². The number of aromatic nitrogens is 5. The van der Waals surface area contributed by atoms with Crippen LogP contribution in [0.2, 0.25) is 0 Å². The molecule has 1 fully saturated rings. The van der Waals surface area contributed by atoms with Gasteiger partial charge in [-0.05, 0) is 29.9 Å². The molecule has 0 saturated carbocycles. The summed E-state index contributed by atoms with van der Waals surface area (Å²) in [5, 5.41) is 9.10. The number of nitrogens with zero attached hydrogens (tertiary/aromatic N) is 5. The van der Waals surface area contributed by atoms with Gasteiger partial charge >= 0.3 is 0 Å². The van der Waals surface area contributed by atoms with Crippen LogP contribution in [0.4, 0.5) is 17.6 Å². The van der Waals surface area contributed by atoms with Crippen LogP contribution in [0.3, 0.4) is 0 Å². The lowest BCUT2D eigenvalue weighted by Crippen LogP contribution is -2.38. The molecule has 0 bridgehead atoms. The van der Waals surface area contributed by atoms with Gasteiger partial charge in [0.1, 0.15) is 17.7 Å². The average molecular weight is 451 g/mol. The van der Waals surface area contributed by atoms with Gasteiger partial charge in [-0.15, -0.1) is 0 Å². The van der Waals surface area contributed by atoms with Crippen LogP contribution in [0, 0.1) is 0 Å². The number of likely N-dealkylation sites (tertiary alicyclic amines) is 1. The Morgan fingerprint density at radius 3 is 2.59 bits per heavy atom. The number of benzene rings is 2. The van der Waals surface area contributed by atoms with E-state index in [4.69, 9.17) is 0 Å². The molecule has 1 aliphatic heterocycles. The molecule has 8 nitrogen and oxygen atoms in total. The molecular formula is C26H26N8. The molecule has 170 valence electrons. The molecule has 4 heterocycles. The number of imidazole rings is 1. The lowest BCUT2D eigenvalue weighted by Gasteiger charge is -2.32. The number of hydrogen-bond donors (Lipinski definition) is 3. The van der Waals surface area contributed by atoms with E-state index in [1.165, 1.54) is 5.56 Å². The van der Waals surface area contributed by atoms with E-state index in [0.29, 0.717) is 17.6 Å². The monoisotopic (exact) mass is 450 g/mol. The second kappa shape index (κ2) is 9.07. The lowest BCUT2D eigenvalue weighted by atomic mass is 10.0. The van der Waals surface area contributed by atoms with Gasteiger partial charge < -0.3 is 15.6 Å². The maximum absolute atomic E-state index is 4.62. The third kappa shape index (κ3) is 4.27. The summed E-state index contributed by atoms with van der Waals surface area (Å²) in [6, 6.07) is 21.2. The molecule has 1 aliphatic rings. The van der Waals surface area contributed by atoms with Crippen molar-refractivity contribution in [3.05, 3.63) is 78.8 Å². The fourth-order valence-corrected chi connectivity index (χ4v) is 4.60. The van der Waals surface area contributed by atoms with E-state index in [0.717, 1.165) is 60.4 Å². The Morgan fingerprint density at radius 1 is 0.882 bits per heavy atom. The SMILES string of the molecule is c1ccc(CN2CCC(Nc3ncnc4nc(Nc5nccc6ccccc56)[nH]c34)CC2)cc1. The average Bonchev–Trinajstić information content (AvgIpc) is 3.30. The Hall–Kier alpha value is -4.04. The second-order valence-corrected chi connectivity index (χ2v) is 8.69. The fourth-order valence-electron chi connectivity index (χ4n) is 4.60. The van der Waals surface area contributed by atoms with Gasteiger partial charge in [0.25, 0.3) is 0 Å². The standard InChI is InChI=1S/C26H26N8/c1-2-6-18(7-3-1)16-34-14-11-20(12-15-34)30-24-22-25(29-17-28-24)33-26(31-22)32-23-21-9-5-4-8-19(21)10-13-27-23/h1-10,13,17,20H,11-12,14-16H2,(H3,27,28,29,30,31,32,33). The normalized spacial score (nSPS) is 15.1. The van der Waals surface area contributed by atoms with E-state index >= 15 is 0 Å². The molecule has 3 N–H and O–H groups in total. The van der Waals surface area contributed by atoms with Crippen molar-refractivity contribution in [2.75, 3.05) is 23.7 Å². The van der Waals surface area contributed by atoms with Crippen molar-refractivity contribution in [1.29, 1.82) is 0 Å². The van der Waals surface area contributed by atoms with Crippen molar-refractivity contribution in [3.8, 4) is 0 Å². The highest BCUT2D eigenvalue weighted by atomic mass is 15.2. The van der Waals surface area contributed by atoms with Crippen LogP contribution in [0.5, 0.6) is 0 Å². The largest absolute Gasteiger partial charge is 0.365 e. The van der Waals surface area contributed by atoms with Crippen LogP contribution in [0.15, 0.2) is 73.2 Å². The van der Waals surface area contributed by atoms with Gasteiger partial charge in [-0.1, -0.05) is 54.6 Å². The Labute approximate surface area is 197 Å². The number of hydrogen-bond acceptors (Lipinski definition) is 7. The second-order valence-electron chi connectivity index (χ2n) is 8.69. The van der Waals surface area contributed by atoms with E-state index in [-0.39, 0.29) is 0 Å². The molecule has 0 amide bonds. The smallest absolute Gasteiger partial charge is 0.208 e. The highest BCUT2D eigenvalue weighted by molar-refractivity contribution is 5.93. The summed E-state index contributed by atoms with van der Waals surface area (Å²) in [4.78, 5) is 23.8.